The van der Waals surface area contributed by atoms with Gasteiger partial charge >= 0.3 is 6.18 Å². The number of hydrogen-bond acceptors (Lipinski definition) is 4. The van der Waals surface area contributed by atoms with E-state index in [1.165, 1.54) is 28.9 Å². The van der Waals surface area contributed by atoms with Gasteiger partial charge in [-0.05, 0) is 42.0 Å². The average molecular weight is 472 g/mol. The molecule has 4 rings (SSSR count). The minimum Gasteiger partial charge on any atom is -0.388 e. The molecule has 170 valence electrons. The standard InChI is InChI=1S/C23H19F3N4O2S/c1-28-17-11-7-15(8-12-17)20-21(16-9-13-19(14-10-16)33(27,31)32)30(18-5-3-2-4-6-18)29-22(20)23(24,25)26/h2-14,28H,1H3,(H2,27,31,32). The molecule has 4 aromatic rings. The summed E-state index contributed by atoms with van der Waals surface area (Å²) in [4.78, 5) is -0.145. The number of sulfonamides is 1. The lowest BCUT2D eigenvalue weighted by atomic mass is 9.98. The number of benzene rings is 3. The zero-order valence-electron chi connectivity index (χ0n) is 17.3. The van der Waals surface area contributed by atoms with E-state index in [2.05, 4.69) is 10.4 Å². The third-order valence-corrected chi connectivity index (χ3v) is 6.00. The molecule has 6 nitrogen and oxygen atoms in total. The highest BCUT2D eigenvalue weighted by molar-refractivity contribution is 7.89. The summed E-state index contributed by atoms with van der Waals surface area (Å²) in [5.41, 5.74) is 0.836. The number of para-hydroxylation sites is 1. The Hall–Kier alpha value is -3.63. The molecule has 1 aromatic heterocycles. The molecule has 0 bridgehead atoms. The van der Waals surface area contributed by atoms with Crippen molar-refractivity contribution in [1.29, 1.82) is 0 Å². The van der Waals surface area contributed by atoms with E-state index in [4.69, 9.17) is 5.14 Å². The van der Waals surface area contributed by atoms with Gasteiger partial charge in [-0.1, -0.05) is 42.5 Å². The zero-order chi connectivity index (χ0) is 23.8. The minimum absolute atomic E-state index is 0.114. The maximum absolute atomic E-state index is 14.1. The number of rotatable bonds is 5. The lowest BCUT2D eigenvalue weighted by molar-refractivity contribution is -0.140. The van der Waals surface area contributed by atoms with Gasteiger partial charge in [-0.2, -0.15) is 18.3 Å². The van der Waals surface area contributed by atoms with E-state index in [1.54, 1.807) is 61.6 Å². The van der Waals surface area contributed by atoms with Crippen LogP contribution in [0.5, 0.6) is 0 Å². The molecule has 0 saturated heterocycles. The molecule has 0 atom stereocenters. The van der Waals surface area contributed by atoms with Crippen LogP contribution in [0, 0.1) is 0 Å². The lowest BCUT2D eigenvalue weighted by Gasteiger charge is -2.12. The number of nitrogens with two attached hydrogens (primary N) is 1. The number of halogens is 3. The summed E-state index contributed by atoms with van der Waals surface area (Å²) in [5.74, 6) is 0. The van der Waals surface area contributed by atoms with Crippen molar-refractivity contribution in [3.63, 3.8) is 0 Å². The number of anilines is 1. The van der Waals surface area contributed by atoms with Crippen molar-refractivity contribution in [2.45, 2.75) is 11.1 Å². The summed E-state index contributed by atoms with van der Waals surface area (Å²) >= 11 is 0. The van der Waals surface area contributed by atoms with Crippen LogP contribution < -0.4 is 10.5 Å². The average Bonchev–Trinajstić information content (AvgIpc) is 3.20. The Balaban J connectivity index is 2.05. The lowest BCUT2D eigenvalue weighted by Crippen LogP contribution is -2.11. The first-order valence-corrected chi connectivity index (χ1v) is 11.3. The maximum Gasteiger partial charge on any atom is 0.435 e. The summed E-state index contributed by atoms with van der Waals surface area (Å²) in [6, 6.07) is 20.3. The Labute approximate surface area is 188 Å². The minimum atomic E-state index is -4.73. The number of primary sulfonamides is 1. The van der Waals surface area contributed by atoms with E-state index in [1.807, 2.05) is 0 Å². The number of alkyl halides is 3. The van der Waals surface area contributed by atoms with Crippen LogP contribution in [0.2, 0.25) is 0 Å². The van der Waals surface area contributed by atoms with E-state index in [9.17, 15) is 21.6 Å². The largest absolute Gasteiger partial charge is 0.435 e. The summed E-state index contributed by atoms with van der Waals surface area (Å²) in [6.07, 6.45) is -4.73. The summed E-state index contributed by atoms with van der Waals surface area (Å²) in [7, 11) is -2.25. The second-order valence-electron chi connectivity index (χ2n) is 7.21. The molecular formula is C23H19F3N4O2S. The number of nitrogens with zero attached hydrogens (tertiary/aromatic N) is 2. The predicted molar refractivity (Wildman–Crippen MR) is 120 cm³/mol. The molecule has 10 heteroatoms. The monoisotopic (exact) mass is 472 g/mol. The van der Waals surface area contributed by atoms with Crippen LogP contribution in [-0.2, 0) is 16.2 Å². The van der Waals surface area contributed by atoms with Crippen LogP contribution in [0.3, 0.4) is 0 Å². The molecule has 1 heterocycles. The van der Waals surface area contributed by atoms with E-state index < -0.39 is 21.9 Å². The molecule has 0 aliphatic heterocycles. The highest BCUT2D eigenvalue weighted by Crippen LogP contribution is 2.43. The van der Waals surface area contributed by atoms with E-state index in [0.717, 1.165) is 5.69 Å². The molecule has 0 fully saturated rings. The first-order chi connectivity index (χ1) is 15.6. The van der Waals surface area contributed by atoms with Gasteiger partial charge in [0, 0.05) is 23.9 Å². The van der Waals surface area contributed by atoms with Gasteiger partial charge in [-0.25, -0.2) is 18.2 Å². The molecular weight excluding hydrogens is 453 g/mol. The van der Waals surface area contributed by atoms with Crippen LogP contribution in [0.15, 0.2) is 83.8 Å². The smallest absolute Gasteiger partial charge is 0.388 e. The Kier molecular flexibility index (Phi) is 5.73. The molecule has 3 N–H and O–H groups in total. The van der Waals surface area contributed by atoms with Crippen molar-refractivity contribution >= 4 is 15.7 Å². The highest BCUT2D eigenvalue weighted by Gasteiger charge is 2.40. The van der Waals surface area contributed by atoms with Gasteiger partial charge < -0.3 is 5.32 Å². The fourth-order valence-electron chi connectivity index (χ4n) is 3.52. The number of hydrogen-bond donors (Lipinski definition) is 2. The second-order valence-corrected chi connectivity index (χ2v) is 8.78. The van der Waals surface area contributed by atoms with Gasteiger partial charge in [-0.15, -0.1) is 0 Å². The molecule has 0 unspecified atom stereocenters. The Bertz CT molecular complexity index is 1380. The number of aromatic nitrogens is 2. The maximum atomic E-state index is 14.1. The fraction of sp³-hybridized carbons (Fsp3) is 0.0870. The van der Waals surface area contributed by atoms with Crippen LogP contribution in [0.4, 0.5) is 18.9 Å². The molecule has 33 heavy (non-hydrogen) atoms. The normalized spacial score (nSPS) is 12.0. The first-order valence-electron chi connectivity index (χ1n) is 9.76. The third-order valence-electron chi connectivity index (χ3n) is 5.07. The van der Waals surface area contributed by atoms with Crippen LogP contribution in [-0.4, -0.2) is 25.2 Å². The van der Waals surface area contributed by atoms with Gasteiger partial charge in [0.25, 0.3) is 0 Å². The number of nitrogens with one attached hydrogen (secondary N) is 1. The molecule has 0 aliphatic carbocycles. The van der Waals surface area contributed by atoms with Crippen molar-refractivity contribution in [2.24, 2.45) is 5.14 Å². The third kappa shape index (κ3) is 4.48. The zero-order valence-corrected chi connectivity index (χ0v) is 18.2. The summed E-state index contributed by atoms with van der Waals surface area (Å²) < 4.78 is 67.0. The fourth-order valence-corrected chi connectivity index (χ4v) is 4.03. The van der Waals surface area contributed by atoms with Crippen molar-refractivity contribution in [3.8, 4) is 28.1 Å². The summed E-state index contributed by atoms with van der Waals surface area (Å²) in [6.45, 7) is 0. The van der Waals surface area contributed by atoms with Crippen LogP contribution >= 0.6 is 0 Å². The Morgan fingerprint density at radius 3 is 1.97 bits per heavy atom. The first kappa shape index (κ1) is 22.6. The SMILES string of the molecule is CNc1ccc(-c2c(C(F)(F)F)nn(-c3ccccc3)c2-c2ccc(S(N)(=O)=O)cc2)cc1. The van der Waals surface area contributed by atoms with E-state index >= 15 is 0 Å². The molecule has 0 saturated carbocycles. The molecule has 3 aromatic carbocycles. The van der Waals surface area contributed by atoms with Gasteiger partial charge in [0.15, 0.2) is 5.69 Å². The molecule has 0 spiro atoms. The topological polar surface area (TPSA) is 90.0 Å². The van der Waals surface area contributed by atoms with Crippen LogP contribution in [0.1, 0.15) is 5.69 Å². The quantitative estimate of drug-likeness (QED) is 0.432. The second kappa shape index (κ2) is 8.38. The predicted octanol–water partition coefficient (Wildman–Crippen LogP) is 4.91. The van der Waals surface area contributed by atoms with Crippen molar-refractivity contribution in [2.75, 3.05) is 12.4 Å². The molecule has 0 amide bonds. The van der Waals surface area contributed by atoms with Crippen LogP contribution in [0.25, 0.3) is 28.1 Å². The van der Waals surface area contributed by atoms with Crippen molar-refractivity contribution in [1.82, 2.24) is 9.78 Å². The Morgan fingerprint density at radius 2 is 1.45 bits per heavy atom. The highest BCUT2D eigenvalue weighted by atomic mass is 32.2. The molecule has 0 radical (unpaired) electrons. The van der Waals surface area contributed by atoms with Gasteiger partial charge in [0.1, 0.15) is 0 Å². The summed E-state index contributed by atoms with van der Waals surface area (Å²) in [5, 5.41) is 12.1. The van der Waals surface area contributed by atoms with Gasteiger partial charge in [0.05, 0.1) is 16.3 Å². The van der Waals surface area contributed by atoms with Gasteiger partial charge in [-0.3, -0.25) is 0 Å². The van der Waals surface area contributed by atoms with E-state index in [-0.39, 0.29) is 16.2 Å². The Morgan fingerprint density at radius 1 is 0.879 bits per heavy atom. The molecule has 0 aliphatic rings. The van der Waals surface area contributed by atoms with E-state index in [0.29, 0.717) is 16.8 Å². The van der Waals surface area contributed by atoms with Gasteiger partial charge in [0.2, 0.25) is 10.0 Å². The van der Waals surface area contributed by atoms with Crippen molar-refractivity contribution < 1.29 is 21.6 Å². The van der Waals surface area contributed by atoms with Crippen molar-refractivity contribution in [3.05, 3.63) is 84.6 Å².